The van der Waals surface area contributed by atoms with E-state index in [0.717, 1.165) is 21.2 Å². The lowest BCUT2D eigenvalue weighted by molar-refractivity contribution is -0.143. The second kappa shape index (κ2) is 13.8. The molecule has 1 fully saturated rings. The van der Waals surface area contributed by atoms with Crippen molar-refractivity contribution in [1.29, 1.82) is 0 Å². The number of hydrogen-bond acceptors (Lipinski definition) is 7. The van der Waals surface area contributed by atoms with Crippen LogP contribution in [0.3, 0.4) is 0 Å². The molecule has 1 amide bonds. The second-order valence-electron chi connectivity index (χ2n) is 10.1. The highest BCUT2D eigenvalue weighted by molar-refractivity contribution is 9.10. The van der Waals surface area contributed by atoms with Crippen LogP contribution < -0.4 is 4.74 Å². The summed E-state index contributed by atoms with van der Waals surface area (Å²) in [5.74, 6) is 0.864. The van der Waals surface area contributed by atoms with Crippen molar-refractivity contribution < 1.29 is 24.1 Å². The van der Waals surface area contributed by atoms with E-state index in [9.17, 15) is 4.79 Å². The predicted molar refractivity (Wildman–Crippen MR) is 161 cm³/mol. The molecule has 2 aliphatic rings. The molecule has 0 unspecified atom stereocenters. The number of nitrogens with zero attached hydrogens (tertiary/aromatic N) is 5. The molecule has 0 bridgehead atoms. The van der Waals surface area contributed by atoms with Gasteiger partial charge in [-0.15, -0.1) is 0 Å². The maximum absolute atomic E-state index is 14.6. The van der Waals surface area contributed by atoms with E-state index in [1.165, 1.54) is 0 Å². The monoisotopic (exact) mass is 633 g/mol. The van der Waals surface area contributed by atoms with Crippen molar-refractivity contribution in [2.24, 2.45) is 10.1 Å². The van der Waals surface area contributed by atoms with E-state index < -0.39 is 11.6 Å². The van der Waals surface area contributed by atoms with Crippen LogP contribution in [0.5, 0.6) is 5.75 Å². The molecule has 0 aliphatic carbocycles. The van der Waals surface area contributed by atoms with E-state index in [4.69, 9.17) is 29.8 Å². The number of aliphatic imine (C=N–C) groups is 1. The van der Waals surface area contributed by atoms with Crippen molar-refractivity contribution in [2.45, 2.75) is 31.0 Å². The molecule has 11 heteroatoms. The Balaban J connectivity index is 1.62. The molecule has 1 N–H and O–H groups in total. The molecule has 0 aromatic heterocycles. The number of ether oxygens (including phenoxy) is 3. The number of morpholine rings is 1. The standard InChI is InChI=1S/C31H32BrN5O5/c32-25-10-6-22(7-11-25)20-31(30(39)37-14-18-40-19-15-37)28(27-5-2-1-4-24(27)21-34-36-33)42-29(35-31)23-8-12-26(13-9-23)41-17-3-16-38/h1-2,4-13,28,38H,3,14-21H2/t28-,31-/m1/s1. The molecule has 3 aromatic rings. The van der Waals surface area contributed by atoms with Gasteiger partial charge < -0.3 is 24.2 Å². The summed E-state index contributed by atoms with van der Waals surface area (Å²) in [6.45, 7) is 2.39. The molecule has 2 atom stereocenters. The minimum atomic E-state index is -1.33. The molecule has 0 radical (unpaired) electrons. The van der Waals surface area contributed by atoms with Gasteiger partial charge in [-0.05, 0) is 58.6 Å². The molecule has 5 rings (SSSR count). The molecule has 2 heterocycles. The minimum absolute atomic E-state index is 0.0584. The number of aliphatic hydroxyl groups excluding tert-OH is 1. The number of benzene rings is 3. The molecular formula is C31H32BrN5O5. The summed E-state index contributed by atoms with van der Waals surface area (Å²) in [6.07, 6.45) is 0.0524. The van der Waals surface area contributed by atoms with Gasteiger partial charge in [-0.1, -0.05) is 57.4 Å². The van der Waals surface area contributed by atoms with Gasteiger partial charge in [-0.25, -0.2) is 4.99 Å². The lowest BCUT2D eigenvalue weighted by atomic mass is 9.80. The number of azide groups is 1. The SMILES string of the molecule is [N-]=[N+]=NCc1ccccc1[C@H]1OC(c2ccc(OCCCO)cc2)=N[C@@]1(Cc1ccc(Br)cc1)C(=O)N1CCOCC1. The number of rotatable bonds is 11. The summed E-state index contributed by atoms with van der Waals surface area (Å²) in [4.78, 5) is 24.5. The van der Waals surface area contributed by atoms with E-state index >= 15 is 0 Å². The van der Waals surface area contributed by atoms with Crippen molar-refractivity contribution >= 4 is 27.7 Å². The average Bonchev–Trinajstić information content (AvgIpc) is 3.41. The van der Waals surface area contributed by atoms with Crippen molar-refractivity contribution in [3.8, 4) is 5.75 Å². The average molecular weight is 635 g/mol. The zero-order valence-corrected chi connectivity index (χ0v) is 24.6. The summed E-state index contributed by atoms with van der Waals surface area (Å²) in [7, 11) is 0. The Morgan fingerprint density at radius 2 is 1.86 bits per heavy atom. The Kier molecular flexibility index (Phi) is 9.76. The Morgan fingerprint density at radius 1 is 1.12 bits per heavy atom. The van der Waals surface area contributed by atoms with Crippen LogP contribution in [0, 0.1) is 0 Å². The topological polar surface area (TPSA) is 129 Å². The van der Waals surface area contributed by atoms with E-state index in [1.54, 1.807) is 4.90 Å². The number of carbonyl (C=O) groups is 1. The zero-order valence-electron chi connectivity index (χ0n) is 23.1. The highest BCUT2D eigenvalue weighted by Gasteiger charge is 2.55. The maximum Gasteiger partial charge on any atom is 0.255 e. The molecule has 0 saturated carbocycles. The largest absolute Gasteiger partial charge is 0.494 e. The van der Waals surface area contributed by atoms with Gasteiger partial charge in [0.1, 0.15) is 5.75 Å². The van der Waals surface area contributed by atoms with Crippen molar-refractivity contribution in [2.75, 3.05) is 39.5 Å². The fourth-order valence-electron chi connectivity index (χ4n) is 5.24. The third kappa shape index (κ3) is 6.60. The summed E-state index contributed by atoms with van der Waals surface area (Å²) >= 11 is 3.51. The fourth-order valence-corrected chi connectivity index (χ4v) is 5.50. The predicted octanol–water partition coefficient (Wildman–Crippen LogP) is 5.38. The molecule has 42 heavy (non-hydrogen) atoms. The third-order valence-electron chi connectivity index (χ3n) is 7.33. The van der Waals surface area contributed by atoms with Gasteiger partial charge in [0.25, 0.3) is 5.91 Å². The van der Waals surface area contributed by atoms with Gasteiger partial charge in [0, 0.05) is 47.5 Å². The fraction of sp³-hybridized carbons (Fsp3) is 0.355. The second-order valence-corrected chi connectivity index (χ2v) is 11.0. The summed E-state index contributed by atoms with van der Waals surface area (Å²) < 4.78 is 18.9. The Labute approximate surface area is 252 Å². The van der Waals surface area contributed by atoms with Gasteiger partial charge in [0.15, 0.2) is 11.6 Å². The lowest BCUT2D eigenvalue weighted by Crippen LogP contribution is -2.54. The minimum Gasteiger partial charge on any atom is -0.494 e. The van der Waals surface area contributed by atoms with Crippen LogP contribution >= 0.6 is 15.9 Å². The normalized spacial score (nSPS) is 19.9. The van der Waals surface area contributed by atoms with Crippen LogP contribution in [-0.4, -0.2) is 66.9 Å². The first kappa shape index (κ1) is 29.6. The van der Waals surface area contributed by atoms with Crippen LogP contribution in [0.2, 0.25) is 0 Å². The number of amides is 1. The molecule has 0 spiro atoms. The van der Waals surface area contributed by atoms with Crippen molar-refractivity contribution in [3.05, 3.63) is 110 Å². The first-order valence-corrected chi connectivity index (χ1v) is 14.6. The van der Waals surface area contributed by atoms with E-state index in [2.05, 4.69) is 26.0 Å². The lowest BCUT2D eigenvalue weighted by Gasteiger charge is -2.37. The van der Waals surface area contributed by atoms with E-state index in [-0.39, 0.29) is 19.1 Å². The smallest absolute Gasteiger partial charge is 0.255 e. The van der Waals surface area contributed by atoms with E-state index in [0.29, 0.717) is 63.0 Å². The quantitative estimate of drug-likeness (QED) is 0.131. The highest BCUT2D eigenvalue weighted by Crippen LogP contribution is 2.45. The van der Waals surface area contributed by atoms with Crippen LogP contribution in [0.1, 0.15) is 34.8 Å². The van der Waals surface area contributed by atoms with Gasteiger partial charge >= 0.3 is 0 Å². The molecule has 3 aromatic carbocycles. The van der Waals surface area contributed by atoms with Crippen LogP contribution in [0.4, 0.5) is 0 Å². The Hall–Kier alpha value is -3.89. The third-order valence-corrected chi connectivity index (χ3v) is 7.86. The van der Waals surface area contributed by atoms with Crippen molar-refractivity contribution in [1.82, 2.24) is 4.90 Å². The van der Waals surface area contributed by atoms with Gasteiger partial charge in [-0.3, -0.25) is 4.79 Å². The Morgan fingerprint density at radius 3 is 2.57 bits per heavy atom. The number of aliphatic hydroxyl groups is 1. The highest BCUT2D eigenvalue weighted by atomic mass is 79.9. The van der Waals surface area contributed by atoms with Crippen molar-refractivity contribution in [3.63, 3.8) is 0 Å². The molecule has 2 aliphatic heterocycles. The van der Waals surface area contributed by atoms with Gasteiger partial charge in [-0.2, -0.15) is 0 Å². The van der Waals surface area contributed by atoms with Crippen LogP contribution in [0.15, 0.2) is 87.4 Å². The molecule has 10 nitrogen and oxygen atoms in total. The number of hydrogen-bond donors (Lipinski definition) is 1. The van der Waals surface area contributed by atoms with Crippen LogP contribution in [-0.2, 0) is 27.2 Å². The first-order valence-electron chi connectivity index (χ1n) is 13.8. The van der Waals surface area contributed by atoms with Gasteiger partial charge in [0.05, 0.1) is 26.4 Å². The molecule has 218 valence electrons. The van der Waals surface area contributed by atoms with Crippen LogP contribution in [0.25, 0.3) is 10.4 Å². The summed E-state index contributed by atoms with van der Waals surface area (Å²) in [5, 5.41) is 12.9. The zero-order chi connectivity index (χ0) is 29.4. The van der Waals surface area contributed by atoms with Gasteiger partial charge in [0.2, 0.25) is 5.90 Å². The first-order chi connectivity index (χ1) is 20.5. The summed E-state index contributed by atoms with van der Waals surface area (Å²) in [6, 6.07) is 22.8. The number of halogens is 1. The van der Waals surface area contributed by atoms with E-state index in [1.807, 2.05) is 72.8 Å². The summed E-state index contributed by atoms with van der Waals surface area (Å²) in [5.41, 5.74) is 10.9. The molecule has 1 saturated heterocycles. The number of carbonyl (C=O) groups excluding carboxylic acids is 1. The maximum atomic E-state index is 14.6. The Bertz CT molecular complexity index is 1450. The molecular weight excluding hydrogens is 602 g/mol.